The van der Waals surface area contributed by atoms with E-state index in [1.54, 1.807) is 11.9 Å². The highest BCUT2D eigenvalue weighted by atomic mass is 16.4. The minimum absolute atomic E-state index is 0.163. The molecule has 0 bridgehead atoms. The molecule has 1 aromatic carbocycles. The summed E-state index contributed by atoms with van der Waals surface area (Å²) in [6.07, 6.45) is 1.49. The zero-order valence-electron chi connectivity index (χ0n) is 14.2. The minimum atomic E-state index is -0.899. The molecule has 25 heavy (non-hydrogen) atoms. The zero-order chi connectivity index (χ0) is 18.1. The molecular formula is C19H20N2O4. The SMILES string of the molecule is Cc1ccccc1[C@@H]1CN(C(=O)c2ccc(=O)n(C)c2)C[C@H]1C(=O)O. The fraction of sp³-hybridized carbons (Fsp3) is 0.316. The van der Waals surface area contributed by atoms with Crippen molar-refractivity contribution in [1.29, 1.82) is 0 Å². The molecule has 1 amide bonds. The second-order valence-corrected chi connectivity index (χ2v) is 6.48. The van der Waals surface area contributed by atoms with E-state index in [2.05, 4.69) is 0 Å². The van der Waals surface area contributed by atoms with Gasteiger partial charge in [0.05, 0.1) is 11.5 Å². The number of aryl methyl sites for hydroxylation is 2. The Labute approximate surface area is 145 Å². The van der Waals surface area contributed by atoms with E-state index in [0.29, 0.717) is 12.1 Å². The van der Waals surface area contributed by atoms with Crippen LogP contribution in [0.3, 0.4) is 0 Å². The van der Waals surface area contributed by atoms with Gasteiger partial charge in [0, 0.05) is 38.3 Å². The van der Waals surface area contributed by atoms with E-state index < -0.39 is 11.9 Å². The number of nitrogens with zero attached hydrogens (tertiary/aromatic N) is 2. The monoisotopic (exact) mass is 340 g/mol. The summed E-state index contributed by atoms with van der Waals surface area (Å²) >= 11 is 0. The lowest BCUT2D eigenvalue weighted by atomic mass is 9.86. The number of aliphatic carboxylic acids is 1. The maximum Gasteiger partial charge on any atom is 0.308 e. The van der Waals surface area contributed by atoms with Crippen LogP contribution in [0.1, 0.15) is 27.4 Å². The normalized spacial score (nSPS) is 19.8. The first-order valence-corrected chi connectivity index (χ1v) is 8.12. The number of benzene rings is 1. The van der Waals surface area contributed by atoms with Gasteiger partial charge in [-0.1, -0.05) is 24.3 Å². The molecule has 0 radical (unpaired) electrons. The number of hydrogen-bond donors (Lipinski definition) is 1. The molecule has 0 saturated carbocycles. The Morgan fingerprint density at radius 2 is 1.84 bits per heavy atom. The quantitative estimate of drug-likeness (QED) is 0.921. The average molecular weight is 340 g/mol. The second-order valence-electron chi connectivity index (χ2n) is 6.48. The highest BCUT2D eigenvalue weighted by molar-refractivity contribution is 5.94. The molecule has 2 atom stereocenters. The summed E-state index contributed by atoms with van der Waals surface area (Å²) in [4.78, 5) is 37.5. The number of pyridine rings is 1. The molecule has 2 aromatic rings. The van der Waals surface area contributed by atoms with Gasteiger partial charge >= 0.3 is 5.97 Å². The predicted molar refractivity (Wildman–Crippen MR) is 92.6 cm³/mol. The van der Waals surface area contributed by atoms with E-state index in [1.165, 1.54) is 22.9 Å². The van der Waals surface area contributed by atoms with Gasteiger partial charge in [-0.2, -0.15) is 0 Å². The van der Waals surface area contributed by atoms with Gasteiger partial charge in [0.25, 0.3) is 5.91 Å². The van der Waals surface area contributed by atoms with Crippen LogP contribution in [-0.4, -0.2) is 39.5 Å². The largest absolute Gasteiger partial charge is 0.481 e. The molecule has 6 nitrogen and oxygen atoms in total. The number of carboxylic acid groups (broad SMARTS) is 1. The van der Waals surface area contributed by atoms with Gasteiger partial charge in [-0.15, -0.1) is 0 Å². The van der Waals surface area contributed by atoms with Crippen LogP contribution in [0.2, 0.25) is 0 Å². The Morgan fingerprint density at radius 1 is 1.12 bits per heavy atom. The second kappa shape index (κ2) is 6.55. The topological polar surface area (TPSA) is 79.6 Å². The summed E-state index contributed by atoms with van der Waals surface area (Å²) < 4.78 is 1.34. The Balaban J connectivity index is 1.90. The van der Waals surface area contributed by atoms with Crippen molar-refractivity contribution in [2.45, 2.75) is 12.8 Å². The predicted octanol–water partition coefficient (Wildman–Crippen LogP) is 1.63. The molecule has 1 aliphatic rings. The van der Waals surface area contributed by atoms with Crippen LogP contribution in [0.15, 0.2) is 47.4 Å². The third-order valence-corrected chi connectivity index (χ3v) is 4.84. The van der Waals surface area contributed by atoms with Gasteiger partial charge in [-0.3, -0.25) is 14.4 Å². The van der Waals surface area contributed by atoms with Crippen LogP contribution in [0.25, 0.3) is 0 Å². The number of aromatic nitrogens is 1. The number of carboxylic acids is 1. The lowest BCUT2D eigenvalue weighted by Gasteiger charge is -2.18. The molecule has 1 saturated heterocycles. The van der Waals surface area contributed by atoms with Gasteiger partial charge in [0.15, 0.2) is 0 Å². The number of likely N-dealkylation sites (tertiary alicyclic amines) is 1. The van der Waals surface area contributed by atoms with Crippen molar-refractivity contribution >= 4 is 11.9 Å². The Morgan fingerprint density at radius 3 is 2.48 bits per heavy atom. The molecule has 0 aliphatic carbocycles. The highest BCUT2D eigenvalue weighted by Gasteiger charge is 2.41. The first-order chi connectivity index (χ1) is 11.9. The Kier molecular flexibility index (Phi) is 4.44. The van der Waals surface area contributed by atoms with Gasteiger partial charge in [0.1, 0.15) is 0 Å². The molecular weight excluding hydrogens is 320 g/mol. The van der Waals surface area contributed by atoms with Crippen LogP contribution in [-0.2, 0) is 11.8 Å². The number of carbonyl (C=O) groups is 2. The molecule has 1 fully saturated rings. The molecule has 1 aromatic heterocycles. The van der Waals surface area contributed by atoms with E-state index in [-0.39, 0.29) is 23.9 Å². The van der Waals surface area contributed by atoms with Crippen molar-refractivity contribution in [3.05, 3.63) is 69.6 Å². The summed E-state index contributed by atoms with van der Waals surface area (Å²) in [5.74, 6) is -2.03. The fourth-order valence-corrected chi connectivity index (χ4v) is 3.44. The van der Waals surface area contributed by atoms with Crippen molar-refractivity contribution in [1.82, 2.24) is 9.47 Å². The van der Waals surface area contributed by atoms with Crippen molar-refractivity contribution in [3.8, 4) is 0 Å². The molecule has 1 N–H and O–H groups in total. The van der Waals surface area contributed by atoms with Crippen LogP contribution >= 0.6 is 0 Å². The third-order valence-electron chi connectivity index (χ3n) is 4.84. The summed E-state index contributed by atoms with van der Waals surface area (Å²) in [5, 5.41) is 9.60. The average Bonchev–Trinajstić information content (AvgIpc) is 3.02. The van der Waals surface area contributed by atoms with E-state index in [0.717, 1.165) is 11.1 Å². The summed E-state index contributed by atoms with van der Waals surface area (Å²) in [5.41, 5.74) is 2.18. The Bertz CT molecular complexity index is 887. The third kappa shape index (κ3) is 3.20. The fourth-order valence-electron chi connectivity index (χ4n) is 3.44. The molecule has 2 heterocycles. The van der Waals surface area contributed by atoms with Gasteiger partial charge in [0.2, 0.25) is 5.56 Å². The number of hydrogen-bond acceptors (Lipinski definition) is 3. The van der Waals surface area contributed by atoms with Crippen LogP contribution in [0.5, 0.6) is 0 Å². The first-order valence-electron chi connectivity index (χ1n) is 8.12. The lowest BCUT2D eigenvalue weighted by Crippen LogP contribution is -2.31. The number of amides is 1. The van der Waals surface area contributed by atoms with Gasteiger partial charge < -0.3 is 14.6 Å². The molecule has 130 valence electrons. The summed E-state index contributed by atoms with van der Waals surface area (Å²) in [7, 11) is 1.58. The van der Waals surface area contributed by atoms with Crippen LogP contribution in [0, 0.1) is 12.8 Å². The van der Waals surface area contributed by atoms with Crippen molar-refractivity contribution < 1.29 is 14.7 Å². The van der Waals surface area contributed by atoms with Gasteiger partial charge in [-0.05, 0) is 24.1 Å². The maximum absolute atomic E-state index is 12.8. The first kappa shape index (κ1) is 17.0. The van der Waals surface area contributed by atoms with Crippen LogP contribution < -0.4 is 5.56 Å². The van der Waals surface area contributed by atoms with Crippen molar-refractivity contribution in [2.75, 3.05) is 13.1 Å². The van der Waals surface area contributed by atoms with E-state index in [4.69, 9.17) is 0 Å². The van der Waals surface area contributed by atoms with Crippen molar-refractivity contribution in [3.63, 3.8) is 0 Å². The molecule has 1 aliphatic heterocycles. The molecule has 6 heteroatoms. The van der Waals surface area contributed by atoms with Crippen molar-refractivity contribution in [2.24, 2.45) is 13.0 Å². The van der Waals surface area contributed by atoms with E-state index >= 15 is 0 Å². The minimum Gasteiger partial charge on any atom is -0.481 e. The maximum atomic E-state index is 12.8. The Hall–Kier alpha value is -2.89. The number of carbonyl (C=O) groups excluding carboxylic acids is 1. The van der Waals surface area contributed by atoms with Gasteiger partial charge in [-0.25, -0.2) is 0 Å². The molecule has 0 unspecified atom stereocenters. The molecule has 0 spiro atoms. The zero-order valence-corrected chi connectivity index (χ0v) is 14.2. The standard InChI is InChI=1S/C19H20N2O4/c1-12-5-3-4-6-14(12)15-10-21(11-16(15)19(24)25)18(23)13-7-8-17(22)20(2)9-13/h3-9,15-16H,10-11H2,1-2H3,(H,24,25)/t15-,16+/m0/s1. The van der Waals surface area contributed by atoms with E-state index in [1.807, 2.05) is 31.2 Å². The lowest BCUT2D eigenvalue weighted by molar-refractivity contribution is -0.141. The smallest absolute Gasteiger partial charge is 0.308 e. The summed E-state index contributed by atoms with van der Waals surface area (Å²) in [6.45, 7) is 2.46. The van der Waals surface area contributed by atoms with E-state index in [9.17, 15) is 19.5 Å². The summed E-state index contributed by atoms with van der Waals surface area (Å²) in [6, 6.07) is 10.5. The molecule has 3 rings (SSSR count). The number of rotatable bonds is 3. The van der Waals surface area contributed by atoms with Crippen LogP contribution in [0.4, 0.5) is 0 Å². The highest BCUT2D eigenvalue weighted by Crippen LogP contribution is 2.35.